The van der Waals surface area contributed by atoms with Gasteiger partial charge in [0.15, 0.2) is 0 Å². The first-order valence-electron chi connectivity index (χ1n) is 7.21. The fraction of sp³-hybridized carbons (Fsp3) is 0.118. The highest BCUT2D eigenvalue weighted by atomic mass is 35.5. The van der Waals surface area contributed by atoms with E-state index in [1.54, 1.807) is 17.1 Å². The molecule has 3 rings (SSSR count). The Morgan fingerprint density at radius 1 is 1.17 bits per heavy atom. The zero-order valence-electron chi connectivity index (χ0n) is 12.6. The summed E-state index contributed by atoms with van der Waals surface area (Å²) in [5.41, 5.74) is 5.64. The molecule has 2 aromatic heterocycles. The molecule has 116 valence electrons. The summed E-state index contributed by atoms with van der Waals surface area (Å²) in [4.78, 5) is 4.14. The van der Waals surface area contributed by atoms with Crippen LogP contribution in [0.25, 0.3) is 0 Å². The van der Waals surface area contributed by atoms with Gasteiger partial charge in [-0.05, 0) is 24.6 Å². The summed E-state index contributed by atoms with van der Waals surface area (Å²) in [6.07, 6.45) is 3.37. The van der Waals surface area contributed by atoms with Crippen molar-refractivity contribution in [2.75, 3.05) is 5.43 Å². The number of hydrogen-bond acceptors (Lipinski definition) is 4. The van der Waals surface area contributed by atoms with Crippen LogP contribution in [0.15, 0.2) is 59.8 Å². The summed E-state index contributed by atoms with van der Waals surface area (Å²) in [5, 5.41) is 9.23. The van der Waals surface area contributed by atoms with Crippen LogP contribution < -0.4 is 5.43 Å². The molecule has 3 aromatic rings. The Bertz CT molecular complexity index is 797. The van der Waals surface area contributed by atoms with Gasteiger partial charge in [-0.1, -0.05) is 48.0 Å². The van der Waals surface area contributed by atoms with Crippen molar-refractivity contribution in [2.24, 2.45) is 5.10 Å². The number of hydrazone groups is 1. The molecule has 0 saturated heterocycles. The predicted octanol–water partition coefficient (Wildman–Crippen LogP) is 3.73. The van der Waals surface area contributed by atoms with Crippen molar-refractivity contribution in [1.29, 1.82) is 0 Å². The van der Waals surface area contributed by atoms with Crippen LogP contribution in [0.1, 0.15) is 16.8 Å². The summed E-state index contributed by atoms with van der Waals surface area (Å²) in [7, 11) is 0. The van der Waals surface area contributed by atoms with Crippen LogP contribution in [0.2, 0.25) is 5.15 Å². The van der Waals surface area contributed by atoms with E-state index in [0.29, 0.717) is 17.5 Å². The molecule has 2 heterocycles. The normalized spacial score (nSPS) is 11.0. The van der Waals surface area contributed by atoms with Crippen molar-refractivity contribution in [1.82, 2.24) is 14.8 Å². The summed E-state index contributed by atoms with van der Waals surface area (Å²) >= 11 is 6.43. The van der Waals surface area contributed by atoms with Gasteiger partial charge >= 0.3 is 0 Å². The van der Waals surface area contributed by atoms with Gasteiger partial charge in [-0.25, -0.2) is 9.67 Å². The maximum Gasteiger partial charge on any atom is 0.146 e. The second kappa shape index (κ2) is 7.07. The molecule has 0 aliphatic rings. The maximum absolute atomic E-state index is 6.43. The lowest BCUT2D eigenvalue weighted by atomic mass is 10.2. The van der Waals surface area contributed by atoms with Gasteiger partial charge in [0.05, 0.1) is 24.0 Å². The summed E-state index contributed by atoms with van der Waals surface area (Å²) in [5.74, 6) is 0.675. The van der Waals surface area contributed by atoms with Crippen molar-refractivity contribution >= 4 is 23.6 Å². The number of aromatic nitrogens is 3. The monoisotopic (exact) mass is 325 g/mol. The van der Waals surface area contributed by atoms with Gasteiger partial charge in [0.1, 0.15) is 11.0 Å². The van der Waals surface area contributed by atoms with Gasteiger partial charge in [-0.2, -0.15) is 10.2 Å². The smallest absolute Gasteiger partial charge is 0.146 e. The molecular formula is C17H16ClN5. The minimum atomic E-state index is 0.568. The third kappa shape index (κ3) is 3.76. The molecule has 0 amide bonds. The van der Waals surface area contributed by atoms with E-state index >= 15 is 0 Å². The molecule has 23 heavy (non-hydrogen) atoms. The Labute approximate surface area is 139 Å². The number of anilines is 1. The van der Waals surface area contributed by atoms with Gasteiger partial charge in [0.25, 0.3) is 0 Å². The molecule has 0 aliphatic heterocycles. The van der Waals surface area contributed by atoms with Crippen molar-refractivity contribution in [3.05, 3.63) is 76.7 Å². The highest BCUT2D eigenvalue weighted by Gasteiger charge is 2.11. The number of nitrogens with zero attached hydrogens (tertiary/aromatic N) is 4. The third-order valence-corrected chi connectivity index (χ3v) is 3.72. The lowest BCUT2D eigenvalue weighted by Gasteiger charge is -2.03. The van der Waals surface area contributed by atoms with Gasteiger partial charge in [0.2, 0.25) is 0 Å². The lowest BCUT2D eigenvalue weighted by Crippen LogP contribution is -2.01. The number of nitrogens with one attached hydrogen (secondary N) is 1. The fourth-order valence-electron chi connectivity index (χ4n) is 2.17. The van der Waals surface area contributed by atoms with Gasteiger partial charge in [-0.3, -0.25) is 5.43 Å². The van der Waals surface area contributed by atoms with Crippen LogP contribution in [-0.2, 0) is 6.54 Å². The molecule has 1 N–H and O–H groups in total. The number of aryl methyl sites for hydroxylation is 1. The van der Waals surface area contributed by atoms with Crippen LogP contribution >= 0.6 is 11.6 Å². The summed E-state index contributed by atoms with van der Waals surface area (Å²) < 4.78 is 1.77. The van der Waals surface area contributed by atoms with E-state index < -0.39 is 0 Å². The molecule has 0 saturated carbocycles. The standard InChI is InChI=1S/C17H16ClN5/c1-13-15(11-20-21-16-9-5-6-10-19-16)17(18)23(22-13)12-14-7-3-2-4-8-14/h2-11H,12H2,1H3,(H,19,21). The molecule has 0 bridgehead atoms. The van der Waals surface area contributed by atoms with Gasteiger partial charge < -0.3 is 0 Å². The first-order valence-corrected chi connectivity index (χ1v) is 7.59. The molecule has 0 radical (unpaired) electrons. The molecule has 0 atom stereocenters. The van der Waals surface area contributed by atoms with Crippen molar-refractivity contribution in [3.8, 4) is 0 Å². The highest BCUT2D eigenvalue weighted by Crippen LogP contribution is 2.19. The predicted molar refractivity (Wildman–Crippen MR) is 93.0 cm³/mol. The van der Waals surface area contributed by atoms with E-state index in [4.69, 9.17) is 11.6 Å². The van der Waals surface area contributed by atoms with E-state index in [1.165, 1.54) is 0 Å². The highest BCUT2D eigenvalue weighted by molar-refractivity contribution is 6.32. The maximum atomic E-state index is 6.43. The second-order valence-electron chi connectivity index (χ2n) is 5.02. The van der Waals surface area contributed by atoms with Crippen LogP contribution in [0, 0.1) is 6.92 Å². The minimum absolute atomic E-state index is 0.568. The first-order chi connectivity index (χ1) is 11.2. The number of rotatable bonds is 5. The van der Waals surface area contributed by atoms with Crippen LogP contribution in [0.3, 0.4) is 0 Å². The molecule has 6 heteroatoms. The molecule has 0 unspecified atom stereocenters. The zero-order chi connectivity index (χ0) is 16.1. The SMILES string of the molecule is Cc1nn(Cc2ccccc2)c(Cl)c1C=NNc1ccccn1. The Morgan fingerprint density at radius 3 is 2.70 bits per heavy atom. The molecule has 1 aromatic carbocycles. The molecule has 0 aliphatic carbocycles. The van der Waals surface area contributed by atoms with E-state index in [1.807, 2.05) is 55.5 Å². The molecule has 0 fully saturated rings. The molecular weight excluding hydrogens is 310 g/mol. The lowest BCUT2D eigenvalue weighted by molar-refractivity contribution is 0.680. The average Bonchev–Trinajstić information content (AvgIpc) is 2.84. The Balaban J connectivity index is 1.75. The number of halogens is 1. The molecule has 0 spiro atoms. The van der Waals surface area contributed by atoms with Crippen molar-refractivity contribution < 1.29 is 0 Å². The largest absolute Gasteiger partial charge is 0.261 e. The second-order valence-corrected chi connectivity index (χ2v) is 5.38. The zero-order valence-corrected chi connectivity index (χ0v) is 13.4. The Kier molecular flexibility index (Phi) is 4.68. The topological polar surface area (TPSA) is 55.1 Å². The summed E-state index contributed by atoms with van der Waals surface area (Å²) in [6, 6.07) is 15.7. The van der Waals surface area contributed by atoms with Crippen molar-refractivity contribution in [2.45, 2.75) is 13.5 Å². The van der Waals surface area contributed by atoms with Crippen LogP contribution in [0.5, 0.6) is 0 Å². The Hall–Kier alpha value is -2.66. The first kappa shape index (κ1) is 15.2. The number of benzene rings is 1. The minimum Gasteiger partial charge on any atom is -0.261 e. The Morgan fingerprint density at radius 2 is 1.96 bits per heavy atom. The average molecular weight is 326 g/mol. The van der Waals surface area contributed by atoms with Gasteiger partial charge in [0, 0.05) is 6.20 Å². The van der Waals surface area contributed by atoms with Crippen LogP contribution in [0.4, 0.5) is 5.82 Å². The number of hydrogen-bond donors (Lipinski definition) is 1. The van der Waals surface area contributed by atoms with Crippen LogP contribution in [-0.4, -0.2) is 21.0 Å². The van der Waals surface area contributed by atoms with E-state index in [2.05, 4.69) is 20.6 Å². The van der Waals surface area contributed by atoms with Gasteiger partial charge in [-0.15, -0.1) is 0 Å². The number of pyridine rings is 1. The third-order valence-electron chi connectivity index (χ3n) is 3.32. The van der Waals surface area contributed by atoms with E-state index in [-0.39, 0.29) is 0 Å². The van der Waals surface area contributed by atoms with Crippen molar-refractivity contribution in [3.63, 3.8) is 0 Å². The quantitative estimate of drug-likeness (QED) is 0.574. The van der Waals surface area contributed by atoms with E-state index in [9.17, 15) is 0 Å². The molecule has 5 nitrogen and oxygen atoms in total. The fourth-order valence-corrected chi connectivity index (χ4v) is 2.45. The van der Waals surface area contributed by atoms with E-state index in [0.717, 1.165) is 16.8 Å². The summed E-state index contributed by atoms with van der Waals surface area (Å²) in [6.45, 7) is 2.54.